The summed E-state index contributed by atoms with van der Waals surface area (Å²) in [6.07, 6.45) is -3.03. The average molecular weight is 398 g/mol. The number of rotatable bonds is 3. The van der Waals surface area contributed by atoms with Crippen molar-refractivity contribution in [3.63, 3.8) is 0 Å². The van der Waals surface area contributed by atoms with Crippen molar-refractivity contribution in [2.75, 3.05) is 0 Å². The van der Waals surface area contributed by atoms with Crippen LogP contribution in [-0.2, 0) is 35.0 Å². The lowest BCUT2D eigenvalue weighted by Crippen LogP contribution is -2.59. The molecule has 3 aliphatic rings. The van der Waals surface area contributed by atoms with E-state index in [0.29, 0.717) is 11.6 Å². The van der Waals surface area contributed by atoms with Gasteiger partial charge in [0.2, 0.25) is 0 Å². The second-order valence-corrected chi connectivity index (χ2v) is 8.37. The number of ether oxygens (including phenoxy) is 5. The van der Waals surface area contributed by atoms with E-state index in [2.05, 4.69) is 5.32 Å². The number of amides is 1. The summed E-state index contributed by atoms with van der Waals surface area (Å²) in [5.41, 5.74) is 0.934. The van der Waals surface area contributed by atoms with E-state index in [1.54, 1.807) is 26.0 Å². The molecule has 8 heteroatoms. The van der Waals surface area contributed by atoms with Gasteiger partial charge in [0.25, 0.3) is 5.91 Å². The van der Waals surface area contributed by atoms with Gasteiger partial charge in [-0.3, -0.25) is 4.79 Å². The summed E-state index contributed by atoms with van der Waals surface area (Å²) in [5.74, 6) is -1.93. The Morgan fingerprint density at radius 2 is 1.56 bits per heavy atom. The number of nitrogens with one attached hydrogen (secondary N) is 1. The van der Waals surface area contributed by atoms with Crippen molar-refractivity contribution in [3.8, 4) is 0 Å². The Labute approximate surface area is 163 Å². The van der Waals surface area contributed by atoms with E-state index in [-0.39, 0.29) is 5.91 Å². The van der Waals surface area contributed by atoms with Crippen LogP contribution in [0.5, 0.6) is 0 Å². The molecule has 0 unspecified atom stereocenters. The first-order valence-corrected chi connectivity index (χ1v) is 9.40. The van der Waals surface area contributed by atoms with Crippen LogP contribution in [0.1, 0.15) is 33.3 Å². The third-order valence-electron chi connectivity index (χ3n) is 4.79. The first-order valence-electron chi connectivity index (χ1n) is 9.02. The minimum Gasteiger partial charge on any atom is -0.350 e. The molecule has 0 bridgehead atoms. The summed E-state index contributed by atoms with van der Waals surface area (Å²) < 4.78 is 29.7. The minimum atomic E-state index is -0.858. The van der Waals surface area contributed by atoms with Gasteiger partial charge < -0.3 is 29.0 Å². The van der Waals surface area contributed by atoms with Crippen molar-refractivity contribution >= 4 is 17.5 Å². The fraction of sp³-hybridized carbons (Fsp3) is 0.632. The van der Waals surface area contributed by atoms with Crippen LogP contribution in [0.3, 0.4) is 0 Å². The van der Waals surface area contributed by atoms with Gasteiger partial charge in [-0.25, -0.2) is 0 Å². The van der Waals surface area contributed by atoms with Gasteiger partial charge in [0.05, 0.1) is 0 Å². The van der Waals surface area contributed by atoms with Gasteiger partial charge in [-0.2, -0.15) is 0 Å². The molecule has 1 N–H and O–H groups in total. The molecule has 0 aromatic heterocycles. The molecule has 148 valence electrons. The van der Waals surface area contributed by atoms with E-state index < -0.39 is 42.3 Å². The highest BCUT2D eigenvalue weighted by Crippen LogP contribution is 2.44. The molecule has 3 fully saturated rings. The summed E-state index contributed by atoms with van der Waals surface area (Å²) in [6.45, 7) is 7.59. The largest absolute Gasteiger partial charge is 0.350 e. The quantitative estimate of drug-likeness (QED) is 0.843. The van der Waals surface area contributed by atoms with Gasteiger partial charge in [0.1, 0.15) is 18.3 Å². The smallest absolute Gasteiger partial charge is 0.252 e. The Hall–Kier alpha value is -1.22. The van der Waals surface area contributed by atoms with E-state index in [0.717, 1.165) is 5.56 Å². The molecule has 3 saturated heterocycles. The Balaban J connectivity index is 1.49. The molecule has 1 aromatic carbocycles. The molecule has 5 atom stereocenters. The lowest BCUT2D eigenvalue weighted by Gasteiger charge is -2.36. The van der Waals surface area contributed by atoms with Crippen LogP contribution in [0.15, 0.2) is 24.3 Å². The minimum absolute atomic E-state index is 0.284. The SMILES string of the molecule is CC1(C)O[C@H]2[C@@H](O1)[C@@H](C(=O)NCc1ccc(Cl)cc1)O[C@@H]1OC(C)(C)O[C@@H]12. The molecule has 0 saturated carbocycles. The second-order valence-electron chi connectivity index (χ2n) is 7.93. The van der Waals surface area contributed by atoms with Crippen molar-refractivity contribution in [2.45, 2.75) is 76.5 Å². The van der Waals surface area contributed by atoms with Gasteiger partial charge in [-0.15, -0.1) is 0 Å². The third kappa shape index (κ3) is 3.85. The fourth-order valence-electron chi connectivity index (χ4n) is 3.72. The Morgan fingerprint density at radius 1 is 0.963 bits per heavy atom. The number of hydrogen-bond acceptors (Lipinski definition) is 6. The van der Waals surface area contributed by atoms with E-state index in [4.69, 9.17) is 35.3 Å². The van der Waals surface area contributed by atoms with Crippen LogP contribution in [0.2, 0.25) is 5.02 Å². The zero-order chi connectivity index (χ0) is 19.4. The van der Waals surface area contributed by atoms with E-state index >= 15 is 0 Å². The van der Waals surface area contributed by atoms with Crippen molar-refractivity contribution in [1.82, 2.24) is 5.32 Å². The summed E-state index contributed by atoms with van der Waals surface area (Å²) in [4.78, 5) is 12.8. The molecule has 3 heterocycles. The van der Waals surface area contributed by atoms with E-state index in [1.165, 1.54) is 0 Å². The molecule has 0 spiro atoms. The van der Waals surface area contributed by atoms with Crippen molar-refractivity contribution in [2.24, 2.45) is 0 Å². The van der Waals surface area contributed by atoms with Gasteiger partial charge in [-0.1, -0.05) is 23.7 Å². The lowest BCUT2D eigenvalue weighted by molar-refractivity contribution is -0.231. The summed E-state index contributed by atoms with van der Waals surface area (Å²) in [7, 11) is 0. The van der Waals surface area contributed by atoms with E-state index in [1.807, 2.05) is 26.0 Å². The maximum atomic E-state index is 12.8. The average Bonchev–Trinajstić information content (AvgIpc) is 3.07. The van der Waals surface area contributed by atoms with Gasteiger partial charge in [0, 0.05) is 11.6 Å². The normalized spacial score (nSPS) is 36.1. The highest BCUT2D eigenvalue weighted by Gasteiger charge is 2.62. The number of carbonyl (C=O) groups excluding carboxylic acids is 1. The predicted octanol–water partition coefficient (Wildman–Crippen LogP) is 2.35. The van der Waals surface area contributed by atoms with Gasteiger partial charge in [0.15, 0.2) is 24.0 Å². The fourth-order valence-corrected chi connectivity index (χ4v) is 3.84. The molecule has 1 aromatic rings. The highest BCUT2D eigenvalue weighted by atomic mass is 35.5. The van der Waals surface area contributed by atoms with Crippen molar-refractivity contribution in [1.29, 1.82) is 0 Å². The standard InChI is InChI=1S/C19H24ClNO6/c1-18(2)24-12-13(25-18)15-17(27-19(3,4)26-15)23-14(12)16(22)21-9-10-5-7-11(20)8-6-10/h5-8,12-15,17H,9H2,1-4H3,(H,21,22)/t12-,13+,14+,15-,17-/m1/s1. The molecule has 7 nitrogen and oxygen atoms in total. The van der Waals surface area contributed by atoms with E-state index in [9.17, 15) is 4.79 Å². The Morgan fingerprint density at radius 3 is 2.26 bits per heavy atom. The summed E-state index contributed by atoms with van der Waals surface area (Å²) in [5, 5.41) is 3.54. The van der Waals surface area contributed by atoms with Gasteiger partial charge in [-0.05, 0) is 45.4 Å². The maximum Gasteiger partial charge on any atom is 0.252 e. The topological polar surface area (TPSA) is 75.3 Å². The van der Waals surface area contributed by atoms with Crippen molar-refractivity contribution in [3.05, 3.63) is 34.9 Å². The zero-order valence-electron chi connectivity index (χ0n) is 15.7. The number of hydrogen-bond donors (Lipinski definition) is 1. The molecule has 0 aliphatic carbocycles. The number of fused-ring (bicyclic) bond motifs is 3. The third-order valence-corrected chi connectivity index (χ3v) is 5.05. The highest BCUT2D eigenvalue weighted by molar-refractivity contribution is 6.30. The lowest BCUT2D eigenvalue weighted by atomic mass is 9.98. The number of carbonyl (C=O) groups is 1. The molecule has 27 heavy (non-hydrogen) atoms. The van der Waals surface area contributed by atoms with Crippen LogP contribution in [0, 0.1) is 0 Å². The first-order chi connectivity index (χ1) is 12.6. The maximum absolute atomic E-state index is 12.8. The monoisotopic (exact) mass is 397 g/mol. The first kappa shape index (κ1) is 19.1. The molecule has 1 amide bonds. The predicted molar refractivity (Wildman–Crippen MR) is 95.8 cm³/mol. The van der Waals surface area contributed by atoms with Gasteiger partial charge >= 0.3 is 0 Å². The van der Waals surface area contributed by atoms with Crippen LogP contribution in [-0.4, -0.2) is 48.2 Å². The van der Waals surface area contributed by atoms with Crippen LogP contribution in [0.25, 0.3) is 0 Å². The Bertz CT molecular complexity index is 721. The van der Waals surface area contributed by atoms with Crippen LogP contribution >= 0.6 is 11.6 Å². The van der Waals surface area contributed by atoms with Crippen molar-refractivity contribution < 1.29 is 28.5 Å². The number of halogens is 1. The molecule has 4 rings (SSSR count). The second kappa shape index (κ2) is 6.69. The summed E-state index contributed by atoms with van der Waals surface area (Å²) >= 11 is 5.89. The molecule has 0 radical (unpaired) electrons. The molecular formula is C19H24ClNO6. The van der Waals surface area contributed by atoms with Crippen LogP contribution < -0.4 is 5.32 Å². The molecular weight excluding hydrogens is 374 g/mol. The summed E-state index contributed by atoms with van der Waals surface area (Å²) in [6, 6.07) is 7.28. The van der Waals surface area contributed by atoms with Crippen LogP contribution in [0.4, 0.5) is 0 Å². The molecule has 3 aliphatic heterocycles. The zero-order valence-corrected chi connectivity index (χ0v) is 16.5. The Kier molecular flexibility index (Phi) is 4.73. The number of benzene rings is 1.